The molecule has 0 spiro atoms. The molecule has 0 amide bonds. The summed E-state index contributed by atoms with van der Waals surface area (Å²) in [6.07, 6.45) is 6.64. The van der Waals surface area contributed by atoms with Crippen LogP contribution in [-0.4, -0.2) is 56.7 Å². The van der Waals surface area contributed by atoms with Gasteiger partial charge in [0.1, 0.15) is 23.2 Å². The van der Waals surface area contributed by atoms with Crippen molar-refractivity contribution in [1.82, 2.24) is 25.3 Å². The molecule has 2 heterocycles. The van der Waals surface area contributed by atoms with Gasteiger partial charge in [-0.25, -0.2) is 24.3 Å². The third kappa shape index (κ3) is 5.03. The van der Waals surface area contributed by atoms with Crippen molar-refractivity contribution in [2.75, 3.05) is 23.8 Å². The van der Waals surface area contributed by atoms with E-state index < -0.39 is 11.8 Å². The lowest BCUT2D eigenvalue weighted by Gasteiger charge is -2.34. The normalized spacial score (nSPS) is 18.5. The molecule has 0 atom stereocenters. The summed E-state index contributed by atoms with van der Waals surface area (Å²) in [4.78, 5) is 30.5. The first-order chi connectivity index (χ1) is 15.4. The Balaban J connectivity index is 1.51. The lowest BCUT2D eigenvalue weighted by molar-refractivity contribution is -0.136. The number of hydrogen-bond donors (Lipinski definition) is 3. The molecule has 0 unspecified atom stereocenters. The van der Waals surface area contributed by atoms with Crippen LogP contribution in [0.2, 0.25) is 5.02 Å². The van der Waals surface area contributed by atoms with E-state index in [1.54, 1.807) is 12.3 Å². The Morgan fingerprint density at radius 2 is 2.03 bits per heavy atom. The maximum atomic E-state index is 13.5. The van der Waals surface area contributed by atoms with Gasteiger partial charge < -0.3 is 20.6 Å². The Hall–Kier alpha value is -3.11. The second-order valence-corrected chi connectivity index (χ2v) is 8.18. The number of aliphatic carboxylic acids is 1. The van der Waals surface area contributed by atoms with Gasteiger partial charge in [-0.05, 0) is 43.9 Å². The molecule has 4 rings (SSSR count). The molecule has 1 aliphatic carbocycles. The second kappa shape index (κ2) is 9.58. The van der Waals surface area contributed by atoms with Crippen LogP contribution in [0.4, 0.5) is 21.8 Å². The number of rotatable bonds is 7. The van der Waals surface area contributed by atoms with E-state index in [2.05, 4.69) is 25.6 Å². The van der Waals surface area contributed by atoms with Crippen LogP contribution >= 0.6 is 11.6 Å². The standard InChI is InChI=1S/C21H23ClFN7O2/c1-30(14-5-2-12(3-6-14)24-10-18(31)32)21-25-9-17-19(29-21)20(27-11-26-17)28-13-4-7-16(23)15(22)8-13/h4,7-9,11-12,14,24H,2-3,5-6,10H2,1H3,(H,31,32)(H,26,27,28)/t12-,14-. The summed E-state index contributed by atoms with van der Waals surface area (Å²) < 4.78 is 13.5. The molecule has 1 aliphatic rings. The highest BCUT2D eigenvalue weighted by Crippen LogP contribution is 2.28. The van der Waals surface area contributed by atoms with E-state index in [1.165, 1.54) is 18.5 Å². The number of hydrogen-bond acceptors (Lipinski definition) is 8. The van der Waals surface area contributed by atoms with E-state index >= 15 is 0 Å². The van der Waals surface area contributed by atoms with Crippen LogP contribution in [0.1, 0.15) is 25.7 Å². The van der Waals surface area contributed by atoms with Crippen LogP contribution in [0.3, 0.4) is 0 Å². The van der Waals surface area contributed by atoms with Gasteiger partial charge in [0.15, 0.2) is 5.82 Å². The molecule has 32 heavy (non-hydrogen) atoms. The molecule has 1 aromatic carbocycles. The van der Waals surface area contributed by atoms with Crippen molar-refractivity contribution < 1.29 is 14.3 Å². The van der Waals surface area contributed by atoms with Gasteiger partial charge in [0.2, 0.25) is 5.95 Å². The Labute approximate surface area is 189 Å². The highest BCUT2D eigenvalue weighted by atomic mass is 35.5. The monoisotopic (exact) mass is 459 g/mol. The molecule has 168 valence electrons. The van der Waals surface area contributed by atoms with Gasteiger partial charge >= 0.3 is 5.97 Å². The number of carboxylic acids is 1. The number of carbonyl (C=O) groups is 1. The fourth-order valence-corrected chi connectivity index (χ4v) is 4.06. The molecule has 1 saturated carbocycles. The van der Waals surface area contributed by atoms with Crippen LogP contribution in [0.25, 0.3) is 11.0 Å². The van der Waals surface area contributed by atoms with Gasteiger partial charge in [-0.15, -0.1) is 0 Å². The van der Waals surface area contributed by atoms with E-state index in [-0.39, 0.29) is 23.7 Å². The van der Waals surface area contributed by atoms with E-state index in [4.69, 9.17) is 21.7 Å². The number of benzene rings is 1. The summed E-state index contributed by atoms with van der Waals surface area (Å²) in [5.41, 5.74) is 1.70. The number of halogens is 2. The van der Waals surface area contributed by atoms with Gasteiger partial charge in [-0.1, -0.05) is 11.6 Å². The van der Waals surface area contributed by atoms with E-state index in [0.717, 1.165) is 25.7 Å². The summed E-state index contributed by atoms with van der Waals surface area (Å²) in [7, 11) is 1.95. The van der Waals surface area contributed by atoms with E-state index in [1.807, 2.05) is 11.9 Å². The predicted molar refractivity (Wildman–Crippen MR) is 120 cm³/mol. The fraction of sp³-hybridized carbons (Fsp3) is 0.381. The molecule has 3 aromatic rings. The number of anilines is 3. The molecule has 0 radical (unpaired) electrons. The van der Waals surface area contributed by atoms with Gasteiger partial charge in [0, 0.05) is 24.8 Å². The minimum atomic E-state index is -0.844. The smallest absolute Gasteiger partial charge is 0.317 e. The number of nitrogens with one attached hydrogen (secondary N) is 2. The molecule has 11 heteroatoms. The van der Waals surface area contributed by atoms with Crippen LogP contribution < -0.4 is 15.5 Å². The molecular formula is C21H23ClFN7O2. The third-order valence-corrected chi connectivity index (χ3v) is 5.94. The van der Waals surface area contributed by atoms with Crippen molar-refractivity contribution in [3.8, 4) is 0 Å². The summed E-state index contributed by atoms with van der Waals surface area (Å²) >= 11 is 5.88. The molecule has 0 saturated heterocycles. The first kappa shape index (κ1) is 22.1. The van der Waals surface area contributed by atoms with Gasteiger partial charge in [-0.3, -0.25) is 4.79 Å². The number of aromatic nitrogens is 4. The first-order valence-corrected chi connectivity index (χ1v) is 10.7. The first-order valence-electron chi connectivity index (χ1n) is 10.3. The average Bonchev–Trinajstić information content (AvgIpc) is 2.80. The molecule has 1 fully saturated rings. The maximum Gasteiger partial charge on any atom is 0.317 e. The van der Waals surface area contributed by atoms with E-state index in [0.29, 0.717) is 28.5 Å². The number of nitrogens with zero attached hydrogens (tertiary/aromatic N) is 5. The highest BCUT2D eigenvalue weighted by Gasteiger charge is 2.26. The topological polar surface area (TPSA) is 116 Å². The zero-order valence-corrected chi connectivity index (χ0v) is 18.2. The summed E-state index contributed by atoms with van der Waals surface area (Å²) in [5, 5.41) is 15.0. The molecule has 0 bridgehead atoms. The van der Waals surface area contributed by atoms with Crippen LogP contribution in [-0.2, 0) is 4.79 Å². The third-order valence-electron chi connectivity index (χ3n) is 5.65. The minimum absolute atomic E-state index is 0.0110. The van der Waals surface area contributed by atoms with Crippen molar-refractivity contribution in [2.45, 2.75) is 37.8 Å². The van der Waals surface area contributed by atoms with Crippen LogP contribution in [0.5, 0.6) is 0 Å². The molecule has 0 aliphatic heterocycles. The Morgan fingerprint density at radius 3 is 2.75 bits per heavy atom. The van der Waals surface area contributed by atoms with Crippen molar-refractivity contribution in [2.24, 2.45) is 0 Å². The lowest BCUT2D eigenvalue weighted by atomic mass is 9.90. The quantitative estimate of drug-likeness (QED) is 0.488. The molecule has 2 aromatic heterocycles. The largest absolute Gasteiger partial charge is 0.480 e. The van der Waals surface area contributed by atoms with Crippen molar-refractivity contribution in [3.05, 3.63) is 41.6 Å². The SMILES string of the molecule is CN(c1ncc2ncnc(Nc3ccc(F)c(Cl)c3)c2n1)[C@H]1CC[C@H](NCC(=O)O)CC1. The summed E-state index contributed by atoms with van der Waals surface area (Å²) in [6.45, 7) is -0.0198. The zero-order valence-electron chi connectivity index (χ0n) is 17.4. The number of carboxylic acid groups (broad SMARTS) is 1. The molecule has 3 N–H and O–H groups in total. The average molecular weight is 460 g/mol. The van der Waals surface area contributed by atoms with Crippen LogP contribution in [0.15, 0.2) is 30.7 Å². The maximum absolute atomic E-state index is 13.5. The van der Waals surface area contributed by atoms with Crippen molar-refractivity contribution in [1.29, 1.82) is 0 Å². The second-order valence-electron chi connectivity index (χ2n) is 7.77. The van der Waals surface area contributed by atoms with Gasteiger partial charge in [0.05, 0.1) is 17.8 Å². The van der Waals surface area contributed by atoms with Crippen molar-refractivity contribution in [3.63, 3.8) is 0 Å². The highest BCUT2D eigenvalue weighted by molar-refractivity contribution is 6.31. The molecule has 9 nitrogen and oxygen atoms in total. The van der Waals surface area contributed by atoms with Gasteiger partial charge in [0.25, 0.3) is 0 Å². The fourth-order valence-electron chi connectivity index (χ4n) is 3.88. The molecular weight excluding hydrogens is 437 g/mol. The Kier molecular flexibility index (Phi) is 6.61. The minimum Gasteiger partial charge on any atom is -0.480 e. The summed E-state index contributed by atoms with van der Waals surface area (Å²) in [5.74, 6) is -0.321. The Morgan fingerprint density at radius 1 is 1.25 bits per heavy atom. The summed E-state index contributed by atoms with van der Waals surface area (Å²) in [6, 6.07) is 4.78. The van der Waals surface area contributed by atoms with Crippen LogP contribution in [0, 0.1) is 5.82 Å². The van der Waals surface area contributed by atoms with Crippen molar-refractivity contribution >= 4 is 46.1 Å². The number of fused-ring (bicyclic) bond motifs is 1. The Bertz CT molecular complexity index is 1120. The van der Waals surface area contributed by atoms with Gasteiger partial charge in [-0.2, -0.15) is 0 Å². The van der Waals surface area contributed by atoms with E-state index in [9.17, 15) is 9.18 Å². The predicted octanol–water partition coefficient (Wildman–Crippen LogP) is 3.38. The zero-order chi connectivity index (χ0) is 22.7. The lowest BCUT2D eigenvalue weighted by Crippen LogP contribution is -2.42.